The second-order valence-electron chi connectivity index (χ2n) is 4.69. The summed E-state index contributed by atoms with van der Waals surface area (Å²) < 4.78 is 24.7. The molecule has 0 heterocycles. The van der Waals surface area contributed by atoms with Crippen molar-refractivity contribution in [1.82, 2.24) is 5.32 Å². The van der Waals surface area contributed by atoms with Crippen molar-refractivity contribution >= 4 is 21.7 Å². The number of nitrogens with two attached hydrogens (primary N) is 1. The molecule has 4 N–H and O–H groups in total. The van der Waals surface area contributed by atoms with E-state index < -0.39 is 10.0 Å². The monoisotopic (exact) mass is 282 g/mol. The number of benzene rings is 1. The van der Waals surface area contributed by atoms with Crippen molar-refractivity contribution in [3.05, 3.63) is 29.8 Å². The number of rotatable bonds is 5. The summed E-state index contributed by atoms with van der Waals surface area (Å²) in [6.45, 7) is 0.421. The Bertz CT molecular complexity index is 579. The Morgan fingerprint density at radius 3 is 2.84 bits per heavy atom. The minimum absolute atomic E-state index is 0.421. The molecule has 1 aliphatic rings. The number of guanidine groups is 1. The molecule has 2 rings (SSSR count). The van der Waals surface area contributed by atoms with E-state index in [1.54, 1.807) is 18.2 Å². The molecule has 0 radical (unpaired) electrons. The fourth-order valence-corrected chi connectivity index (χ4v) is 2.16. The van der Waals surface area contributed by atoms with Crippen molar-refractivity contribution in [2.24, 2.45) is 10.7 Å². The van der Waals surface area contributed by atoms with E-state index >= 15 is 0 Å². The Balaban J connectivity index is 1.98. The van der Waals surface area contributed by atoms with E-state index in [0.29, 0.717) is 24.2 Å². The fraction of sp³-hybridized carbons (Fsp3) is 0.417. The summed E-state index contributed by atoms with van der Waals surface area (Å²) in [5.41, 5.74) is 7.16. The van der Waals surface area contributed by atoms with E-state index in [4.69, 9.17) is 5.73 Å². The quantitative estimate of drug-likeness (QED) is 0.545. The van der Waals surface area contributed by atoms with Crippen LogP contribution in [0.5, 0.6) is 0 Å². The molecule has 6 nitrogen and oxygen atoms in total. The van der Waals surface area contributed by atoms with Gasteiger partial charge in [-0.05, 0) is 30.5 Å². The van der Waals surface area contributed by atoms with Gasteiger partial charge in [0.05, 0.1) is 12.8 Å². The summed E-state index contributed by atoms with van der Waals surface area (Å²) in [6.07, 6.45) is 3.41. The highest BCUT2D eigenvalue weighted by Gasteiger charge is 2.21. The Hall–Kier alpha value is -1.76. The lowest BCUT2D eigenvalue weighted by Gasteiger charge is -2.06. The molecule has 1 fully saturated rings. The van der Waals surface area contributed by atoms with Crippen LogP contribution in [-0.4, -0.2) is 26.7 Å². The van der Waals surface area contributed by atoms with Crippen LogP contribution in [0.3, 0.4) is 0 Å². The number of sulfonamides is 1. The Labute approximate surface area is 113 Å². The van der Waals surface area contributed by atoms with E-state index in [-0.39, 0.29) is 0 Å². The average molecular weight is 282 g/mol. The highest BCUT2D eigenvalue weighted by atomic mass is 32.2. The number of anilines is 1. The lowest BCUT2D eigenvalue weighted by molar-refractivity contribution is 0.607. The number of nitrogens with one attached hydrogen (secondary N) is 2. The van der Waals surface area contributed by atoms with Crippen LogP contribution in [-0.2, 0) is 16.6 Å². The van der Waals surface area contributed by atoms with Gasteiger partial charge >= 0.3 is 0 Å². The van der Waals surface area contributed by atoms with Crippen LogP contribution in [0.25, 0.3) is 0 Å². The van der Waals surface area contributed by atoms with Gasteiger partial charge < -0.3 is 11.1 Å². The average Bonchev–Trinajstić information content (AvgIpc) is 3.08. The van der Waals surface area contributed by atoms with E-state index in [2.05, 4.69) is 15.0 Å². The number of hydrogen-bond acceptors (Lipinski definition) is 3. The molecule has 1 saturated carbocycles. The van der Waals surface area contributed by atoms with E-state index in [0.717, 1.165) is 24.7 Å². The van der Waals surface area contributed by atoms with Gasteiger partial charge in [-0.3, -0.25) is 4.72 Å². The lowest BCUT2D eigenvalue weighted by atomic mass is 10.2. The first-order valence-corrected chi connectivity index (χ1v) is 7.95. The molecule has 0 unspecified atom stereocenters. The van der Waals surface area contributed by atoms with Crippen molar-refractivity contribution in [3.8, 4) is 0 Å². The lowest BCUT2D eigenvalue weighted by Crippen LogP contribution is -2.33. The summed E-state index contributed by atoms with van der Waals surface area (Å²) in [5, 5.41) is 3.09. The topological polar surface area (TPSA) is 96.6 Å². The molecule has 7 heteroatoms. The highest BCUT2D eigenvalue weighted by Crippen LogP contribution is 2.18. The molecule has 19 heavy (non-hydrogen) atoms. The smallest absolute Gasteiger partial charge is 0.229 e. The van der Waals surface area contributed by atoms with Gasteiger partial charge in [-0.1, -0.05) is 12.1 Å². The van der Waals surface area contributed by atoms with Gasteiger partial charge in [0, 0.05) is 11.7 Å². The summed E-state index contributed by atoms with van der Waals surface area (Å²) in [7, 11) is -3.26. The zero-order valence-electron chi connectivity index (χ0n) is 10.8. The number of hydrogen-bond donors (Lipinski definition) is 3. The highest BCUT2D eigenvalue weighted by molar-refractivity contribution is 7.92. The summed E-state index contributed by atoms with van der Waals surface area (Å²) >= 11 is 0. The summed E-state index contributed by atoms with van der Waals surface area (Å²) in [4.78, 5) is 4.22. The third kappa shape index (κ3) is 5.17. The molecular weight excluding hydrogens is 264 g/mol. The fourth-order valence-electron chi connectivity index (χ4n) is 1.61. The van der Waals surface area contributed by atoms with E-state index in [9.17, 15) is 8.42 Å². The first kappa shape index (κ1) is 13.7. The van der Waals surface area contributed by atoms with Gasteiger partial charge in [-0.2, -0.15) is 0 Å². The normalized spacial score (nSPS) is 16.2. The van der Waals surface area contributed by atoms with E-state index in [1.165, 1.54) is 0 Å². The molecule has 1 aromatic rings. The third-order valence-corrected chi connectivity index (χ3v) is 3.20. The molecule has 1 aromatic carbocycles. The predicted octanol–water partition coefficient (Wildman–Crippen LogP) is 0.625. The van der Waals surface area contributed by atoms with Gasteiger partial charge in [-0.15, -0.1) is 0 Å². The molecule has 104 valence electrons. The van der Waals surface area contributed by atoms with Crippen LogP contribution in [0.2, 0.25) is 0 Å². The molecule has 0 aromatic heterocycles. The number of aliphatic imine (C=N–C) groups is 1. The van der Waals surface area contributed by atoms with Gasteiger partial charge in [0.25, 0.3) is 0 Å². The summed E-state index contributed by atoms with van der Waals surface area (Å²) in [6, 6.07) is 7.57. The molecule has 0 saturated heterocycles. The van der Waals surface area contributed by atoms with Gasteiger partial charge in [0.1, 0.15) is 0 Å². The zero-order chi connectivity index (χ0) is 13.9. The Morgan fingerprint density at radius 1 is 1.47 bits per heavy atom. The maximum atomic E-state index is 11.1. The first-order chi connectivity index (χ1) is 8.92. The molecule has 1 aliphatic carbocycles. The molecule has 0 spiro atoms. The minimum Gasteiger partial charge on any atom is -0.370 e. The molecule has 0 bridgehead atoms. The van der Waals surface area contributed by atoms with Crippen molar-refractivity contribution in [1.29, 1.82) is 0 Å². The first-order valence-electron chi connectivity index (χ1n) is 6.05. The Morgan fingerprint density at radius 2 is 2.21 bits per heavy atom. The molecule has 0 amide bonds. The molecule has 0 atom stereocenters. The SMILES string of the molecule is CS(=O)(=O)Nc1cccc(CN=C(N)NC2CC2)c1. The van der Waals surface area contributed by atoms with Gasteiger partial charge in [-0.25, -0.2) is 13.4 Å². The molecular formula is C12H18N4O2S. The van der Waals surface area contributed by atoms with Crippen LogP contribution in [0, 0.1) is 0 Å². The predicted molar refractivity (Wildman–Crippen MR) is 76.4 cm³/mol. The second kappa shape index (κ2) is 5.48. The van der Waals surface area contributed by atoms with Crippen LogP contribution < -0.4 is 15.8 Å². The Kier molecular flexibility index (Phi) is 3.94. The summed E-state index contributed by atoms with van der Waals surface area (Å²) in [5.74, 6) is 0.434. The maximum absolute atomic E-state index is 11.1. The van der Waals surface area contributed by atoms with E-state index in [1.807, 2.05) is 6.07 Å². The van der Waals surface area contributed by atoms with Crippen molar-refractivity contribution in [2.75, 3.05) is 11.0 Å². The van der Waals surface area contributed by atoms with Crippen LogP contribution in [0.15, 0.2) is 29.3 Å². The van der Waals surface area contributed by atoms with Crippen molar-refractivity contribution in [3.63, 3.8) is 0 Å². The van der Waals surface area contributed by atoms with Crippen LogP contribution in [0.4, 0.5) is 5.69 Å². The van der Waals surface area contributed by atoms with Crippen molar-refractivity contribution < 1.29 is 8.42 Å². The third-order valence-electron chi connectivity index (χ3n) is 2.59. The second-order valence-corrected chi connectivity index (χ2v) is 6.44. The maximum Gasteiger partial charge on any atom is 0.229 e. The van der Waals surface area contributed by atoms with Gasteiger partial charge in [0.15, 0.2) is 5.96 Å². The zero-order valence-corrected chi connectivity index (χ0v) is 11.6. The minimum atomic E-state index is -3.26. The molecule has 0 aliphatic heterocycles. The van der Waals surface area contributed by atoms with Crippen LogP contribution >= 0.6 is 0 Å². The largest absolute Gasteiger partial charge is 0.370 e. The van der Waals surface area contributed by atoms with Crippen LogP contribution in [0.1, 0.15) is 18.4 Å². The van der Waals surface area contributed by atoms with Gasteiger partial charge in [0.2, 0.25) is 10.0 Å². The van der Waals surface area contributed by atoms with Crippen molar-refractivity contribution in [2.45, 2.75) is 25.4 Å². The standard InChI is InChI=1S/C12H18N4O2S/c1-19(17,18)16-11-4-2-3-9(7-11)8-14-12(13)15-10-5-6-10/h2-4,7,10,16H,5-6,8H2,1H3,(H3,13,14,15). The number of nitrogens with zero attached hydrogens (tertiary/aromatic N) is 1.